The van der Waals surface area contributed by atoms with E-state index in [-0.39, 0.29) is 4.90 Å². The Balaban J connectivity index is 2.05. The molecule has 0 radical (unpaired) electrons. The zero-order valence-corrected chi connectivity index (χ0v) is 16.3. The topological polar surface area (TPSA) is 69.0 Å². The summed E-state index contributed by atoms with van der Waals surface area (Å²) in [6.45, 7) is 3.84. The van der Waals surface area contributed by atoms with Gasteiger partial charge in [-0.1, -0.05) is 47.5 Å². The molecule has 6 heteroatoms. The van der Waals surface area contributed by atoms with Crippen molar-refractivity contribution in [3.05, 3.63) is 94.1 Å². The summed E-state index contributed by atoms with van der Waals surface area (Å²) >= 11 is 0. The van der Waals surface area contributed by atoms with E-state index in [1.165, 1.54) is 16.8 Å². The molecule has 0 bridgehead atoms. The molecule has 28 heavy (non-hydrogen) atoms. The number of fused-ring (bicyclic) bond motifs is 1. The van der Waals surface area contributed by atoms with Crippen LogP contribution in [0, 0.1) is 13.8 Å². The van der Waals surface area contributed by atoms with Crippen molar-refractivity contribution in [3.63, 3.8) is 0 Å². The largest absolute Gasteiger partial charge is 0.286 e. The third kappa shape index (κ3) is 3.01. The van der Waals surface area contributed by atoms with Crippen LogP contribution >= 0.6 is 0 Å². The Morgan fingerprint density at radius 3 is 2.00 bits per heavy atom. The van der Waals surface area contributed by atoms with Gasteiger partial charge >= 0.3 is 0 Å². The second-order valence-corrected chi connectivity index (χ2v) is 8.58. The number of aromatic nitrogens is 2. The highest BCUT2D eigenvalue weighted by Gasteiger charge is 2.26. The Hall–Kier alpha value is -3.25. The fourth-order valence-corrected chi connectivity index (χ4v) is 4.30. The molecule has 0 aliphatic heterocycles. The molecular weight excluding hydrogens is 372 g/mol. The first-order valence-corrected chi connectivity index (χ1v) is 10.3. The molecule has 140 valence electrons. The highest BCUT2D eigenvalue weighted by molar-refractivity contribution is 7.91. The summed E-state index contributed by atoms with van der Waals surface area (Å²) in [5.41, 5.74) is 2.64. The lowest BCUT2D eigenvalue weighted by Crippen LogP contribution is -2.22. The van der Waals surface area contributed by atoms with Crippen molar-refractivity contribution in [2.24, 2.45) is 0 Å². The van der Waals surface area contributed by atoms with Gasteiger partial charge in [0.15, 0.2) is 0 Å². The van der Waals surface area contributed by atoms with Gasteiger partial charge in [0.2, 0.25) is 20.3 Å². The third-order valence-electron chi connectivity index (χ3n) is 4.63. The zero-order chi connectivity index (χ0) is 19.9. The van der Waals surface area contributed by atoms with E-state index in [9.17, 15) is 13.2 Å². The molecular formula is C22H18N2O3S. The zero-order valence-electron chi connectivity index (χ0n) is 15.5. The predicted molar refractivity (Wildman–Crippen MR) is 109 cm³/mol. The first-order valence-electron chi connectivity index (χ1n) is 8.79. The Kier molecular flexibility index (Phi) is 4.35. The fourth-order valence-electron chi connectivity index (χ4n) is 3.04. The maximum atomic E-state index is 13.2. The summed E-state index contributed by atoms with van der Waals surface area (Å²) in [7, 11) is -4.06. The Labute approximate surface area is 162 Å². The monoisotopic (exact) mass is 390 g/mol. The predicted octanol–water partition coefficient (Wildman–Crippen LogP) is 3.84. The normalized spacial score (nSPS) is 11.6. The highest BCUT2D eigenvalue weighted by Crippen LogP contribution is 2.21. The minimum absolute atomic E-state index is 0.0495. The molecule has 0 saturated carbocycles. The van der Waals surface area contributed by atoms with Crippen molar-refractivity contribution in [1.82, 2.24) is 9.78 Å². The number of hydrogen-bond donors (Lipinski definition) is 0. The van der Waals surface area contributed by atoms with Gasteiger partial charge in [-0.3, -0.25) is 4.79 Å². The van der Waals surface area contributed by atoms with E-state index in [1.54, 1.807) is 36.4 Å². The van der Waals surface area contributed by atoms with E-state index >= 15 is 0 Å². The van der Waals surface area contributed by atoms with Crippen LogP contribution in [-0.2, 0) is 9.84 Å². The van der Waals surface area contributed by atoms with E-state index < -0.39 is 20.3 Å². The molecule has 0 N–H and O–H groups in total. The van der Waals surface area contributed by atoms with Gasteiger partial charge in [0.1, 0.15) is 0 Å². The van der Waals surface area contributed by atoms with Crippen LogP contribution in [0.2, 0.25) is 0 Å². The van der Waals surface area contributed by atoms with Crippen molar-refractivity contribution in [2.75, 3.05) is 0 Å². The maximum Gasteiger partial charge on any atom is 0.229 e. The van der Waals surface area contributed by atoms with Crippen LogP contribution in [0.4, 0.5) is 0 Å². The maximum absolute atomic E-state index is 13.2. The lowest BCUT2D eigenvalue weighted by atomic mass is 10.2. The Morgan fingerprint density at radius 1 is 0.786 bits per heavy atom. The molecule has 1 heterocycles. The van der Waals surface area contributed by atoms with Gasteiger partial charge in [0.25, 0.3) is 0 Å². The minimum Gasteiger partial charge on any atom is -0.286 e. The lowest BCUT2D eigenvalue weighted by Gasteiger charge is -2.13. The summed E-state index contributed by atoms with van der Waals surface area (Å²) in [5.74, 6) is 0. The van der Waals surface area contributed by atoms with Gasteiger partial charge in [0, 0.05) is 0 Å². The van der Waals surface area contributed by atoms with Gasteiger partial charge in [0.05, 0.1) is 21.5 Å². The minimum atomic E-state index is -4.06. The summed E-state index contributed by atoms with van der Waals surface area (Å²) in [6, 6.07) is 20.8. The van der Waals surface area contributed by atoms with E-state index in [2.05, 4.69) is 5.10 Å². The molecule has 0 fully saturated rings. The average molecular weight is 390 g/mol. The standard InChI is InChI=1S/C22H18N2O3S/c1-15-7-11-17(12-8-15)24-20-6-4-3-5-19(20)21(25)22(23-24)28(26,27)18-13-9-16(2)10-14-18/h3-14H,1-2H3. The molecule has 0 unspecified atom stereocenters. The number of sulfone groups is 1. The number of hydrogen-bond acceptors (Lipinski definition) is 4. The lowest BCUT2D eigenvalue weighted by molar-refractivity contribution is 0.587. The quantitative estimate of drug-likeness (QED) is 0.533. The molecule has 3 aromatic carbocycles. The van der Waals surface area contributed by atoms with Gasteiger partial charge in [-0.15, -0.1) is 0 Å². The first-order chi connectivity index (χ1) is 13.4. The van der Waals surface area contributed by atoms with Gasteiger partial charge in [-0.25, -0.2) is 13.1 Å². The number of para-hydroxylation sites is 1. The molecule has 4 rings (SSSR count). The van der Waals surface area contributed by atoms with Crippen LogP contribution in [0.3, 0.4) is 0 Å². The van der Waals surface area contributed by atoms with Gasteiger partial charge < -0.3 is 0 Å². The SMILES string of the molecule is Cc1ccc(-n2nc(S(=O)(=O)c3ccc(C)cc3)c(=O)c3ccccc32)cc1. The van der Waals surface area contributed by atoms with Crippen LogP contribution in [0.1, 0.15) is 11.1 Å². The summed E-state index contributed by atoms with van der Waals surface area (Å²) < 4.78 is 27.9. The van der Waals surface area contributed by atoms with Crippen LogP contribution in [0.25, 0.3) is 16.6 Å². The van der Waals surface area contributed by atoms with Gasteiger partial charge in [-0.2, -0.15) is 5.10 Å². The first kappa shape index (κ1) is 18.1. The molecule has 0 aliphatic carbocycles. The number of aryl methyl sites for hydroxylation is 2. The molecule has 0 aliphatic rings. The summed E-state index contributed by atoms with van der Waals surface area (Å²) in [5, 5.41) is 4.12. The molecule has 1 aromatic heterocycles. The summed E-state index contributed by atoms with van der Waals surface area (Å²) in [6.07, 6.45) is 0. The molecule has 0 saturated heterocycles. The van der Waals surface area contributed by atoms with E-state index in [0.29, 0.717) is 16.6 Å². The van der Waals surface area contributed by atoms with Crippen molar-refractivity contribution < 1.29 is 8.42 Å². The van der Waals surface area contributed by atoms with Crippen LogP contribution in [0.15, 0.2) is 87.5 Å². The second kappa shape index (κ2) is 6.73. The van der Waals surface area contributed by atoms with E-state index in [1.807, 2.05) is 38.1 Å². The van der Waals surface area contributed by atoms with Crippen LogP contribution in [0.5, 0.6) is 0 Å². The average Bonchev–Trinajstić information content (AvgIpc) is 2.69. The number of rotatable bonds is 3. The van der Waals surface area contributed by atoms with Gasteiger partial charge in [-0.05, 0) is 50.2 Å². The number of nitrogens with zero attached hydrogens (tertiary/aromatic N) is 2. The molecule has 0 atom stereocenters. The smallest absolute Gasteiger partial charge is 0.229 e. The third-order valence-corrected chi connectivity index (χ3v) is 6.30. The van der Waals surface area contributed by atoms with Crippen LogP contribution < -0.4 is 5.43 Å². The molecule has 0 amide bonds. The number of benzene rings is 3. The molecule has 5 nitrogen and oxygen atoms in total. The molecule has 0 spiro atoms. The van der Waals surface area contributed by atoms with Crippen molar-refractivity contribution in [1.29, 1.82) is 0 Å². The van der Waals surface area contributed by atoms with Crippen molar-refractivity contribution in [3.8, 4) is 5.69 Å². The Bertz CT molecular complexity index is 1340. The Morgan fingerprint density at radius 2 is 1.36 bits per heavy atom. The highest BCUT2D eigenvalue weighted by atomic mass is 32.2. The molecule has 4 aromatic rings. The van der Waals surface area contributed by atoms with E-state index in [0.717, 1.165) is 11.1 Å². The van der Waals surface area contributed by atoms with Crippen molar-refractivity contribution >= 4 is 20.7 Å². The summed E-state index contributed by atoms with van der Waals surface area (Å²) in [4.78, 5) is 13.0. The fraction of sp³-hybridized carbons (Fsp3) is 0.0909. The van der Waals surface area contributed by atoms with Crippen LogP contribution in [-0.4, -0.2) is 18.2 Å². The second-order valence-electron chi connectivity index (χ2n) is 6.72. The van der Waals surface area contributed by atoms with E-state index in [4.69, 9.17) is 0 Å². The van der Waals surface area contributed by atoms with Crippen molar-refractivity contribution in [2.45, 2.75) is 23.8 Å².